The molecule has 3 rings (SSSR count). The molecule has 4 heteroatoms. The predicted molar refractivity (Wildman–Crippen MR) is 63.9 cm³/mol. The van der Waals surface area contributed by atoms with Crippen LogP contribution in [0.25, 0.3) is 16.6 Å². The predicted octanol–water partition coefficient (Wildman–Crippen LogP) is 3.07. The molecule has 0 fully saturated rings. The first-order chi connectivity index (χ1) is 7.84. The van der Waals surface area contributed by atoms with E-state index in [4.69, 9.17) is 11.6 Å². The molecule has 0 saturated heterocycles. The van der Waals surface area contributed by atoms with Crippen LogP contribution in [0.3, 0.4) is 0 Å². The van der Waals surface area contributed by atoms with Gasteiger partial charge >= 0.3 is 0 Å². The molecule has 2 aromatic heterocycles. The summed E-state index contributed by atoms with van der Waals surface area (Å²) in [6.45, 7) is 0. The van der Waals surface area contributed by atoms with Crippen LogP contribution in [0.2, 0.25) is 5.02 Å². The number of benzene rings is 1. The molecule has 0 saturated carbocycles. The van der Waals surface area contributed by atoms with Gasteiger partial charge in [0.15, 0.2) is 0 Å². The van der Waals surface area contributed by atoms with Crippen LogP contribution in [-0.2, 0) is 0 Å². The highest BCUT2D eigenvalue weighted by Gasteiger charge is 2.04. The van der Waals surface area contributed by atoms with Gasteiger partial charge in [-0.1, -0.05) is 11.6 Å². The Labute approximate surface area is 97.3 Å². The standard InChI is InChI=1S/C12H8ClN3/c13-9-2-3-11-10(8-9)12(4-6-14-11)16-7-1-5-15-16/h1-8H. The summed E-state index contributed by atoms with van der Waals surface area (Å²) in [7, 11) is 0. The molecule has 2 heterocycles. The Morgan fingerprint density at radius 3 is 2.88 bits per heavy atom. The Hall–Kier alpha value is -1.87. The Balaban J connectivity index is 2.36. The summed E-state index contributed by atoms with van der Waals surface area (Å²) in [5.41, 5.74) is 1.90. The SMILES string of the molecule is Clc1ccc2nccc(-n3cccn3)c2c1. The lowest BCUT2D eigenvalue weighted by molar-refractivity contribution is 0.886. The largest absolute Gasteiger partial charge is 0.256 e. The smallest absolute Gasteiger partial charge is 0.0755 e. The topological polar surface area (TPSA) is 30.7 Å². The minimum atomic E-state index is 0.703. The highest BCUT2D eigenvalue weighted by atomic mass is 35.5. The zero-order chi connectivity index (χ0) is 11.0. The number of rotatable bonds is 1. The number of fused-ring (bicyclic) bond motifs is 1. The highest BCUT2D eigenvalue weighted by Crippen LogP contribution is 2.23. The molecule has 0 N–H and O–H groups in total. The summed E-state index contributed by atoms with van der Waals surface area (Å²) in [5, 5.41) is 5.91. The highest BCUT2D eigenvalue weighted by molar-refractivity contribution is 6.31. The molecule has 0 unspecified atom stereocenters. The lowest BCUT2D eigenvalue weighted by Crippen LogP contribution is -1.96. The van der Waals surface area contributed by atoms with Crippen molar-refractivity contribution in [3.63, 3.8) is 0 Å². The van der Waals surface area contributed by atoms with Gasteiger partial charge in [-0.15, -0.1) is 0 Å². The van der Waals surface area contributed by atoms with Crippen molar-refractivity contribution in [2.75, 3.05) is 0 Å². The number of hydrogen-bond acceptors (Lipinski definition) is 2. The zero-order valence-electron chi connectivity index (χ0n) is 8.34. The Kier molecular flexibility index (Phi) is 2.11. The summed E-state index contributed by atoms with van der Waals surface area (Å²) in [6, 6.07) is 9.46. The van der Waals surface area contributed by atoms with Crippen LogP contribution in [0.5, 0.6) is 0 Å². The lowest BCUT2D eigenvalue weighted by atomic mass is 10.2. The monoisotopic (exact) mass is 229 g/mol. The third-order valence-electron chi connectivity index (χ3n) is 2.43. The van der Waals surface area contributed by atoms with Gasteiger partial charge in [-0.3, -0.25) is 4.98 Å². The van der Waals surface area contributed by atoms with Crippen LogP contribution in [0.4, 0.5) is 0 Å². The fourth-order valence-electron chi connectivity index (χ4n) is 1.72. The van der Waals surface area contributed by atoms with E-state index < -0.39 is 0 Å². The van der Waals surface area contributed by atoms with Crippen LogP contribution in [0.15, 0.2) is 48.9 Å². The second-order valence-electron chi connectivity index (χ2n) is 3.44. The minimum Gasteiger partial charge on any atom is -0.256 e. The first-order valence-corrected chi connectivity index (χ1v) is 5.27. The number of halogens is 1. The van der Waals surface area contributed by atoms with Gasteiger partial charge in [0, 0.05) is 29.0 Å². The van der Waals surface area contributed by atoms with Crippen LogP contribution >= 0.6 is 11.6 Å². The van der Waals surface area contributed by atoms with E-state index >= 15 is 0 Å². The van der Waals surface area contributed by atoms with E-state index in [9.17, 15) is 0 Å². The third kappa shape index (κ3) is 1.46. The molecule has 0 radical (unpaired) electrons. The fourth-order valence-corrected chi connectivity index (χ4v) is 1.89. The Morgan fingerprint density at radius 2 is 2.06 bits per heavy atom. The van der Waals surface area contributed by atoms with E-state index in [0.717, 1.165) is 16.6 Å². The van der Waals surface area contributed by atoms with Gasteiger partial charge in [0.2, 0.25) is 0 Å². The summed E-state index contributed by atoms with van der Waals surface area (Å²) in [5.74, 6) is 0. The molecular weight excluding hydrogens is 222 g/mol. The van der Waals surface area contributed by atoms with Gasteiger partial charge < -0.3 is 0 Å². The van der Waals surface area contributed by atoms with Crippen LogP contribution < -0.4 is 0 Å². The maximum Gasteiger partial charge on any atom is 0.0755 e. The lowest BCUT2D eigenvalue weighted by Gasteiger charge is -2.05. The van der Waals surface area contributed by atoms with E-state index in [1.165, 1.54) is 0 Å². The first-order valence-electron chi connectivity index (χ1n) is 4.89. The van der Waals surface area contributed by atoms with Crippen molar-refractivity contribution in [2.24, 2.45) is 0 Å². The van der Waals surface area contributed by atoms with Gasteiger partial charge in [0.05, 0.1) is 11.2 Å². The van der Waals surface area contributed by atoms with E-state index in [1.807, 2.05) is 36.5 Å². The second kappa shape index (κ2) is 3.61. The van der Waals surface area contributed by atoms with Gasteiger partial charge in [-0.25, -0.2) is 4.68 Å². The Bertz CT molecular complexity index is 632. The van der Waals surface area contributed by atoms with Crippen molar-refractivity contribution in [3.05, 3.63) is 53.9 Å². The number of aromatic nitrogens is 3. The third-order valence-corrected chi connectivity index (χ3v) is 2.67. The van der Waals surface area contributed by atoms with Gasteiger partial charge in [-0.05, 0) is 30.3 Å². The van der Waals surface area contributed by atoms with Crippen molar-refractivity contribution in [1.82, 2.24) is 14.8 Å². The van der Waals surface area contributed by atoms with E-state index in [-0.39, 0.29) is 0 Å². The van der Waals surface area contributed by atoms with Crippen molar-refractivity contribution in [2.45, 2.75) is 0 Å². The molecule has 3 aromatic rings. The van der Waals surface area contributed by atoms with Crippen molar-refractivity contribution in [1.29, 1.82) is 0 Å². The van der Waals surface area contributed by atoms with Crippen LogP contribution in [-0.4, -0.2) is 14.8 Å². The molecule has 0 spiro atoms. The molecule has 0 aliphatic heterocycles. The number of hydrogen-bond donors (Lipinski definition) is 0. The summed E-state index contributed by atoms with van der Waals surface area (Å²) >= 11 is 5.99. The van der Waals surface area contributed by atoms with Crippen LogP contribution in [0, 0.1) is 0 Å². The van der Waals surface area contributed by atoms with E-state index in [0.29, 0.717) is 5.02 Å². The quantitative estimate of drug-likeness (QED) is 0.642. The molecule has 0 aliphatic rings. The van der Waals surface area contributed by atoms with E-state index in [2.05, 4.69) is 10.1 Å². The maximum atomic E-state index is 5.99. The molecule has 16 heavy (non-hydrogen) atoms. The summed E-state index contributed by atoms with van der Waals surface area (Å²) < 4.78 is 1.81. The van der Waals surface area contributed by atoms with Crippen LogP contribution in [0.1, 0.15) is 0 Å². The zero-order valence-corrected chi connectivity index (χ0v) is 9.09. The normalized spacial score (nSPS) is 10.8. The second-order valence-corrected chi connectivity index (χ2v) is 3.88. The molecule has 3 nitrogen and oxygen atoms in total. The van der Waals surface area contributed by atoms with E-state index in [1.54, 1.807) is 17.1 Å². The molecule has 0 atom stereocenters. The number of nitrogens with zero attached hydrogens (tertiary/aromatic N) is 3. The molecule has 0 aliphatic carbocycles. The Morgan fingerprint density at radius 1 is 1.12 bits per heavy atom. The molecule has 0 amide bonds. The van der Waals surface area contributed by atoms with Crippen molar-refractivity contribution < 1.29 is 0 Å². The van der Waals surface area contributed by atoms with Crippen molar-refractivity contribution in [3.8, 4) is 5.69 Å². The molecule has 0 bridgehead atoms. The molecular formula is C12H8ClN3. The van der Waals surface area contributed by atoms with Gasteiger partial charge in [-0.2, -0.15) is 5.10 Å². The van der Waals surface area contributed by atoms with Gasteiger partial charge in [0.25, 0.3) is 0 Å². The molecule has 1 aromatic carbocycles. The van der Waals surface area contributed by atoms with Gasteiger partial charge in [0.1, 0.15) is 0 Å². The fraction of sp³-hybridized carbons (Fsp3) is 0. The number of pyridine rings is 1. The summed E-state index contributed by atoms with van der Waals surface area (Å²) in [4.78, 5) is 4.29. The minimum absolute atomic E-state index is 0.703. The average Bonchev–Trinajstić information content (AvgIpc) is 2.81. The maximum absolute atomic E-state index is 5.99. The first kappa shape index (κ1) is 9.36. The molecule has 78 valence electrons. The summed E-state index contributed by atoms with van der Waals surface area (Å²) in [6.07, 6.45) is 5.42. The van der Waals surface area contributed by atoms with Crippen molar-refractivity contribution >= 4 is 22.5 Å². The average molecular weight is 230 g/mol.